The molecule has 0 spiro atoms. The molecule has 0 fully saturated rings. The molecule has 0 radical (unpaired) electrons. The minimum Gasteiger partial charge on any atom is -0.495 e. The summed E-state index contributed by atoms with van der Waals surface area (Å²) in [4.78, 5) is 6.45. The van der Waals surface area contributed by atoms with E-state index in [-0.39, 0.29) is 0 Å². The molecule has 0 bridgehead atoms. The Balaban J connectivity index is 2.31. The van der Waals surface area contributed by atoms with Crippen molar-refractivity contribution in [2.75, 3.05) is 19.1 Å². The highest BCUT2D eigenvalue weighted by Crippen LogP contribution is 2.31. The van der Waals surface area contributed by atoms with Crippen LogP contribution in [0.3, 0.4) is 0 Å². The molecule has 0 aliphatic carbocycles. The lowest BCUT2D eigenvalue weighted by Gasteiger charge is -2.20. The Labute approximate surface area is 116 Å². The summed E-state index contributed by atoms with van der Waals surface area (Å²) in [5, 5.41) is 0.818. The van der Waals surface area contributed by atoms with Crippen LogP contribution < -0.4 is 9.64 Å². The summed E-state index contributed by atoms with van der Waals surface area (Å²) in [5.74, 6) is 1.73. The number of benzene rings is 1. The molecule has 94 valence electrons. The predicted molar refractivity (Wildman–Crippen MR) is 77.9 cm³/mol. The summed E-state index contributed by atoms with van der Waals surface area (Å²) in [5.41, 5.74) is 2.16. The summed E-state index contributed by atoms with van der Waals surface area (Å²) in [6, 6.07) is 12.0. The number of hydrogen-bond donors (Lipinski definition) is 0. The molecule has 0 unspecified atom stereocenters. The number of anilines is 2. The molecular formula is C14H15BrN2O. The molecule has 0 N–H and O–H groups in total. The third kappa shape index (κ3) is 2.64. The Bertz CT molecular complexity index is 513. The van der Waals surface area contributed by atoms with E-state index in [9.17, 15) is 0 Å². The van der Waals surface area contributed by atoms with Gasteiger partial charge >= 0.3 is 0 Å². The highest BCUT2D eigenvalue weighted by Gasteiger charge is 2.09. The van der Waals surface area contributed by atoms with Crippen LogP contribution in [0.25, 0.3) is 0 Å². The number of hydrogen-bond acceptors (Lipinski definition) is 3. The first-order valence-electron chi connectivity index (χ1n) is 5.64. The molecule has 2 aromatic rings. The van der Waals surface area contributed by atoms with Crippen molar-refractivity contribution in [1.29, 1.82) is 0 Å². The maximum Gasteiger partial charge on any atom is 0.142 e. The first kappa shape index (κ1) is 12.9. The van der Waals surface area contributed by atoms with Crippen LogP contribution in [0.5, 0.6) is 5.75 Å². The maximum atomic E-state index is 5.36. The Morgan fingerprint density at radius 1 is 1.22 bits per heavy atom. The largest absolute Gasteiger partial charge is 0.495 e. The van der Waals surface area contributed by atoms with Crippen LogP contribution in [0.15, 0.2) is 42.6 Å². The van der Waals surface area contributed by atoms with E-state index in [2.05, 4.69) is 27.0 Å². The minimum absolute atomic E-state index is 0.818. The van der Waals surface area contributed by atoms with Crippen molar-refractivity contribution in [3.8, 4) is 5.75 Å². The van der Waals surface area contributed by atoms with Crippen molar-refractivity contribution in [2.24, 2.45) is 0 Å². The van der Waals surface area contributed by atoms with Crippen LogP contribution in [-0.4, -0.2) is 19.1 Å². The lowest BCUT2D eigenvalue weighted by atomic mass is 10.2. The van der Waals surface area contributed by atoms with Gasteiger partial charge in [-0.1, -0.05) is 34.1 Å². The second-order valence-electron chi connectivity index (χ2n) is 3.89. The summed E-state index contributed by atoms with van der Waals surface area (Å²) in [7, 11) is 3.65. The summed E-state index contributed by atoms with van der Waals surface area (Å²) in [6.45, 7) is 0. The molecule has 1 aromatic heterocycles. The van der Waals surface area contributed by atoms with Crippen LogP contribution >= 0.6 is 15.9 Å². The van der Waals surface area contributed by atoms with Gasteiger partial charge in [0.05, 0.1) is 12.8 Å². The van der Waals surface area contributed by atoms with Gasteiger partial charge in [-0.2, -0.15) is 0 Å². The van der Waals surface area contributed by atoms with Crippen molar-refractivity contribution in [1.82, 2.24) is 4.98 Å². The average Bonchev–Trinajstić information content (AvgIpc) is 2.46. The maximum absolute atomic E-state index is 5.36. The lowest BCUT2D eigenvalue weighted by Crippen LogP contribution is -2.12. The van der Waals surface area contributed by atoms with E-state index in [4.69, 9.17) is 4.74 Å². The highest BCUT2D eigenvalue weighted by molar-refractivity contribution is 9.08. The van der Waals surface area contributed by atoms with E-state index in [0.717, 1.165) is 28.1 Å². The predicted octanol–water partition coefficient (Wildman–Crippen LogP) is 3.75. The topological polar surface area (TPSA) is 25.4 Å². The number of ether oxygens (including phenoxy) is 1. The lowest BCUT2D eigenvalue weighted by molar-refractivity contribution is 0.415. The fourth-order valence-electron chi connectivity index (χ4n) is 1.72. The Kier molecular flexibility index (Phi) is 4.20. The van der Waals surface area contributed by atoms with Crippen molar-refractivity contribution < 1.29 is 4.74 Å². The molecule has 18 heavy (non-hydrogen) atoms. The van der Waals surface area contributed by atoms with E-state index in [0.29, 0.717) is 0 Å². The van der Waals surface area contributed by atoms with Gasteiger partial charge in [0, 0.05) is 18.6 Å². The average molecular weight is 307 g/mol. The molecule has 4 heteroatoms. The first-order chi connectivity index (χ1) is 8.76. The summed E-state index contributed by atoms with van der Waals surface area (Å²) in [6.07, 6.45) is 1.87. The van der Waals surface area contributed by atoms with E-state index < -0.39 is 0 Å². The van der Waals surface area contributed by atoms with Crippen molar-refractivity contribution >= 4 is 27.4 Å². The second-order valence-corrected chi connectivity index (χ2v) is 4.45. The fraction of sp³-hybridized carbons (Fsp3) is 0.214. The summed E-state index contributed by atoms with van der Waals surface area (Å²) < 4.78 is 5.36. The van der Waals surface area contributed by atoms with Crippen LogP contribution in [0.4, 0.5) is 11.5 Å². The van der Waals surface area contributed by atoms with Gasteiger partial charge in [-0.25, -0.2) is 4.98 Å². The third-order valence-electron chi connectivity index (χ3n) is 2.75. The highest BCUT2D eigenvalue weighted by atomic mass is 79.9. The van der Waals surface area contributed by atoms with Crippen LogP contribution in [0.2, 0.25) is 0 Å². The monoisotopic (exact) mass is 306 g/mol. The van der Waals surface area contributed by atoms with Gasteiger partial charge in [0.2, 0.25) is 0 Å². The number of aromatic nitrogens is 1. The van der Waals surface area contributed by atoms with E-state index in [1.165, 1.54) is 0 Å². The Morgan fingerprint density at radius 2 is 2.00 bits per heavy atom. The number of halogens is 1. The SMILES string of the molecule is COc1ccccc1N(C)c1ccc(CBr)cn1. The molecular weight excluding hydrogens is 292 g/mol. The molecule has 0 aliphatic rings. The van der Waals surface area contributed by atoms with Gasteiger partial charge in [-0.3, -0.25) is 0 Å². The molecule has 0 amide bonds. The molecule has 0 aliphatic heterocycles. The standard InChI is InChI=1S/C14H15BrN2O/c1-17(12-5-3-4-6-13(12)18-2)14-8-7-11(9-15)10-16-14/h3-8,10H,9H2,1-2H3. The van der Waals surface area contributed by atoms with Crippen molar-refractivity contribution in [2.45, 2.75) is 5.33 Å². The van der Waals surface area contributed by atoms with Gasteiger partial charge in [0.1, 0.15) is 11.6 Å². The van der Waals surface area contributed by atoms with Gasteiger partial charge in [0.25, 0.3) is 0 Å². The molecule has 1 aromatic carbocycles. The number of rotatable bonds is 4. The van der Waals surface area contributed by atoms with Gasteiger partial charge in [0.15, 0.2) is 0 Å². The molecule has 0 saturated carbocycles. The van der Waals surface area contributed by atoms with Crippen LogP contribution in [0, 0.1) is 0 Å². The zero-order valence-electron chi connectivity index (χ0n) is 10.4. The minimum atomic E-state index is 0.818. The number of methoxy groups -OCH3 is 1. The van der Waals surface area contributed by atoms with Crippen LogP contribution in [-0.2, 0) is 5.33 Å². The number of nitrogens with zero attached hydrogens (tertiary/aromatic N) is 2. The molecule has 0 atom stereocenters. The molecule has 2 rings (SSSR count). The molecule has 0 saturated heterocycles. The number of pyridine rings is 1. The zero-order chi connectivity index (χ0) is 13.0. The number of alkyl halides is 1. The number of para-hydroxylation sites is 2. The third-order valence-corrected chi connectivity index (χ3v) is 3.40. The van der Waals surface area contributed by atoms with Gasteiger partial charge in [-0.15, -0.1) is 0 Å². The summed E-state index contributed by atoms with van der Waals surface area (Å²) >= 11 is 3.41. The van der Waals surface area contributed by atoms with E-state index in [1.54, 1.807) is 7.11 Å². The van der Waals surface area contributed by atoms with E-state index in [1.807, 2.05) is 48.5 Å². The fourth-order valence-corrected chi connectivity index (χ4v) is 2.06. The Morgan fingerprint density at radius 3 is 2.61 bits per heavy atom. The Hall–Kier alpha value is -1.55. The van der Waals surface area contributed by atoms with Gasteiger partial charge < -0.3 is 9.64 Å². The normalized spacial score (nSPS) is 10.2. The second kappa shape index (κ2) is 5.87. The quantitative estimate of drug-likeness (QED) is 0.804. The van der Waals surface area contributed by atoms with Crippen molar-refractivity contribution in [3.63, 3.8) is 0 Å². The van der Waals surface area contributed by atoms with Crippen molar-refractivity contribution in [3.05, 3.63) is 48.2 Å². The van der Waals surface area contributed by atoms with E-state index >= 15 is 0 Å². The first-order valence-corrected chi connectivity index (χ1v) is 6.76. The van der Waals surface area contributed by atoms with Crippen LogP contribution in [0.1, 0.15) is 5.56 Å². The molecule has 3 nitrogen and oxygen atoms in total. The van der Waals surface area contributed by atoms with Gasteiger partial charge in [-0.05, 0) is 23.8 Å². The molecule has 1 heterocycles. The smallest absolute Gasteiger partial charge is 0.142 e. The zero-order valence-corrected chi connectivity index (χ0v) is 12.0.